The molecule has 1 atom stereocenters. The zero-order valence-electron chi connectivity index (χ0n) is 22.2. The predicted molar refractivity (Wildman–Crippen MR) is 142 cm³/mol. The van der Waals surface area contributed by atoms with Crippen LogP contribution in [0.15, 0.2) is 30.6 Å². The third-order valence-electron chi connectivity index (χ3n) is 6.49. The van der Waals surface area contributed by atoms with Crippen molar-refractivity contribution in [3.63, 3.8) is 0 Å². The topological polar surface area (TPSA) is 98.7 Å². The summed E-state index contributed by atoms with van der Waals surface area (Å²) in [7, 11) is 0. The molecule has 1 N–H and O–H groups in total. The molecule has 1 aromatic carbocycles. The normalized spacial score (nSPS) is 18.9. The first-order valence-corrected chi connectivity index (χ1v) is 13.3. The van der Waals surface area contributed by atoms with Gasteiger partial charge in [-0.1, -0.05) is 11.6 Å². The number of halogens is 4. The maximum atomic E-state index is 15.1. The lowest BCUT2D eigenvalue weighted by molar-refractivity contribution is -0.119. The number of amides is 1. The number of likely N-dealkylation sites (tertiary alicyclic amines) is 1. The molecule has 9 nitrogen and oxygen atoms in total. The van der Waals surface area contributed by atoms with Crippen molar-refractivity contribution < 1.29 is 32.2 Å². The van der Waals surface area contributed by atoms with Crippen LogP contribution in [0.25, 0.3) is 11.0 Å². The quantitative estimate of drug-likeness (QED) is 0.345. The largest absolute Gasteiger partial charge is 0.492 e. The summed E-state index contributed by atoms with van der Waals surface area (Å²) in [5, 5.41) is 2.62. The van der Waals surface area contributed by atoms with E-state index < -0.39 is 23.4 Å². The van der Waals surface area contributed by atoms with Crippen LogP contribution in [0.5, 0.6) is 11.6 Å². The standard InChI is InChI=1S/C27H29ClF3N5O4/c1-26(2,3)40-25(37)36-9-8-16(12-36)39-20-7-5-18-23(35-20)24(33-14-32-18)34-17-4-6-19(21(28)22(17)29)38-13-15-10-27(30,31)11-15/h4-7,14-16H,8-13H2,1-3H3,(H,32,33,34)/t16-/m0/s1. The molecule has 13 heteroatoms. The monoisotopic (exact) mass is 579 g/mol. The van der Waals surface area contributed by atoms with E-state index in [4.69, 9.17) is 25.8 Å². The van der Waals surface area contributed by atoms with Crippen LogP contribution in [0, 0.1) is 11.7 Å². The fourth-order valence-corrected chi connectivity index (χ4v) is 4.76. The summed E-state index contributed by atoms with van der Waals surface area (Å²) in [5.41, 5.74) is 0.260. The van der Waals surface area contributed by atoms with E-state index in [1.807, 2.05) is 20.8 Å². The van der Waals surface area contributed by atoms with E-state index >= 15 is 4.39 Å². The highest BCUT2D eigenvalue weighted by Crippen LogP contribution is 2.43. The Hall–Kier alpha value is -3.54. The molecule has 0 radical (unpaired) electrons. The van der Waals surface area contributed by atoms with Crippen molar-refractivity contribution in [1.82, 2.24) is 19.9 Å². The molecule has 1 amide bonds. The van der Waals surface area contributed by atoms with Crippen molar-refractivity contribution in [2.75, 3.05) is 25.0 Å². The number of aromatic nitrogens is 3. The highest BCUT2D eigenvalue weighted by Gasteiger charge is 2.45. The van der Waals surface area contributed by atoms with Crippen LogP contribution in [0.2, 0.25) is 5.02 Å². The minimum atomic E-state index is -2.66. The maximum absolute atomic E-state index is 15.1. The number of nitrogens with zero attached hydrogens (tertiary/aromatic N) is 4. The summed E-state index contributed by atoms with van der Waals surface area (Å²) >= 11 is 6.18. The van der Waals surface area contributed by atoms with Crippen molar-refractivity contribution in [2.24, 2.45) is 5.92 Å². The van der Waals surface area contributed by atoms with E-state index in [0.29, 0.717) is 36.4 Å². The number of nitrogens with one attached hydrogen (secondary N) is 1. The molecule has 214 valence electrons. The van der Waals surface area contributed by atoms with Gasteiger partial charge in [0, 0.05) is 37.8 Å². The molecule has 40 heavy (non-hydrogen) atoms. The zero-order valence-corrected chi connectivity index (χ0v) is 23.0. The molecule has 5 rings (SSSR count). The third kappa shape index (κ3) is 6.43. The highest BCUT2D eigenvalue weighted by atomic mass is 35.5. The first-order chi connectivity index (χ1) is 18.9. The summed E-state index contributed by atoms with van der Waals surface area (Å²) in [6.07, 6.45) is 0.731. The molecule has 3 heterocycles. The van der Waals surface area contributed by atoms with Crippen LogP contribution in [0.3, 0.4) is 0 Å². The zero-order chi connectivity index (χ0) is 28.7. The summed E-state index contributed by atoms with van der Waals surface area (Å²) < 4.78 is 58.2. The maximum Gasteiger partial charge on any atom is 0.410 e. The van der Waals surface area contributed by atoms with Crippen LogP contribution >= 0.6 is 11.6 Å². The molecule has 1 aliphatic heterocycles. The van der Waals surface area contributed by atoms with Gasteiger partial charge in [0.05, 0.1) is 24.4 Å². The molecule has 2 aliphatic rings. The van der Waals surface area contributed by atoms with Crippen LogP contribution in [0.4, 0.5) is 29.5 Å². The Morgan fingerprint density at radius 1 is 1.20 bits per heavy atom. The van der Waals surface area contributed by atoms with Gasteiger partial charge in [-0.3, -0.25) is 0 Å². The van der Waals surface area contributed by atoms with Crippen molar-refractivity contribution in [3.8, 4) is 11.6 Å². The molecule has 0 unspecified atom stereocenters. The number of ether oxygens (including phenoxy) is 3. The number of pyridine rings is 1. The second-order valence-corrected chi connectivity index (χ2v) is 11.4. The Morgan fingerprint density at radius 2 is 1.98 bits per heavy atom. The van der Waals surface area contributed by atoms with E-state index in [0.717, 1.165) is 0 Å². The molecule has 2 aromatic heterocycles. The van der Waals surface area contributed by atoms with Gasteiger partial charge in [0.2, 0.25) is 11.8 Å². The predicted octanol–water partition coefficient (Wildman–Crippen LogP) is 6.37. The Kier molecular flexibility index (Phi) is 7.56. The number of rotatable bonds is 7. The molecule has 0 bridgehead atoms. The Labute approximate surface area is 234 Å². The SMILES string of the molecule is CC(C)(C)OC(=O)N1CC[C@H](Oc2ccc3ncnc(Nc4ccc(OCC5CC(F)(F)C5)c(Cl)c4F)c3n2)C1. The lowest BCUT2D eigenvalue weighted by Gasteiger charge is -2.34. The van der Waals surface area contributed by atoms with Crippen LogP contribution in [-0.2, 0) is 4.74 Å². The van der Waals surface area contributed by atoms with E-state index in [1.54, 1.807) is 17.0 Å². The fourth-order valence-electron chi connectivity index (χ4n) is 4.54. The van der Waals surface area contributed by atoms with Gasteiger partial charge in [-0.2, -0.15) is 0 Å². The molecular formula is C27H29ClF3N5O4. The number of anilines is 2. The molecule has 1 saturated carbocycles. The van der Waals surface area contributed by atoms with E-state index in [1.165, 1.54) is 18.5 Å². The molecule has 1 saturated heterocycles. The summed E-state index contributed by atoms with van der Waals surface area (Å²) in [6.45, 7) is 6.31. The Morgan fingerprint density at radius 3 is 2.70 bits per heavy atom. The Balaban J connectivity index is 1.27. The molecule has 1 aliphatic carbocycles. The summed E-state index contributed by atoms with van der Waals surface area (Å²) in [6, 6.07) is 6.25. The lowest BCUT2D eigenvalue weighted by Crippen LogP contribution is -2.38. The fraction of sp³-hybridized carbons (Fsp3) is 0.481. The average Bonchev–Trinajstić information content (AvgIpc) is 3.33. The van der Waals surface area contributed by atoms with Crippen LogP contribution < -0.4 is 14.8 Å². The number of benzene rings is 1. The number of alkyl halides is 2. The van der Waals surface area contributed by atoms with Gasteiger partial charge < -0.3 is 24.4 Å². The van der Waals surface area contributed by atoms with Crippen molar-refractivity contribution in [3.05, 3.63) is 41.4 Å². The number of fused-ring (bicyclic) bond motifs is 1. The third-order valence-corrected chi connectivity index (χ3v) is 6.84. The van der Waals surface area contributed by atoms with Crippen molar-refractivity contribution in [2.45, 2.75) is 57.7 Å². The number of carbonyl (C=O) groups excluding carboxylic acids is 1. The second-order valence-electron chi connectivity index (χ2n) is 11.0. The van der Waals surface area contributed by atoms with Gasteiger partial charge in [0.1, 0.15) is 34.3 Å². The van der Waals surface area contributed by atoms with Crippen LogP contribution in [0.1, 0.15) is 40.0 Å². The van der Waals surface area contributed by atoms with Gasteiger partial charge in [0.15, 0.2) is 11.6 Å². The van der Waals surface area contributed by atoms with Crippen molar-refractivity contribution in [1.29, 1.82) is 0 Å². The van der Waals surface area contributed by atoms with E-state index in [2.05, 4.69) is 20.3 Å². The van der Waals surface area contributed by atoms with Gasteiger partial charge in [-0.05, 0) is 39.0 Å². The van der Waals surface area contributed by atoms with Crippen molar-refractivity contribution >= 4 is 40.2 Å². The minimum absolute atomic E-state index is 0.0180. The number of hydrogen-bond acceptors (Lipinski definition) is 8. The van der Waals surface area contributed by atoms with Gasteiger partial charge in [0.25, 0.3) is 0 Å². The van der Waals surface area contributed by atoms with Gasteiger partial charge in [-0.25, -0.2) is 32.9 Å². The van der Waals surface area contributed by atoms with E-state index in [9.17, 15) is 13.6 Å². The number of hydrogen-bond donors (Lipinski definition) is 1. The highest BCUT2D eigenvalue weighted by molar-refractivity contribution is 6.32. The molecule has 0 spiro atoms. The minimum Gasteiger partial charge on any atom is -0.492 e. The molecule has 3 aromatic rings. The first-order valence-electron chi connectivity index (χ1n) is 12.9. The molecular weight excluding hydrogens is 551 g/mol. The van der Waals surface area contributed by atoms with Gasteiger partial charge >= 0.3 is 6.09 Å². The second kappa shape index (κ2) is 10.8. The number of carbonyl (C=O) groups is 1. The summed E-state index contributed by atoms with van der Waals surface area (Å²) in [5.74, 6) is -3.16. The lowest BCUT2D eigenvalue weighted by atomic mass is 9.82. The summed E-state index contributed by atoms with van der Waals surface area (Å²) in [4.78, 5) is 26.9. The first kappa shape index (κ1) is 28.0. The average molecular weight is 580 g/mol. The van der Waals surface area contributed by atoms with E-state index in [-0.39, 0.29) is 53.7 Å². The van der Waals surface area contributed by atoms with Crippen LogP contribution in [-0.4, -0.2) is 63.3 Å². The smallest absolute Gasteiger partial charge is 0.410 e. The molecule has 2 fully saturated rings. The Bertz CT molecular complexity index is 1410. The van der Waals surface area contributed by atoms with Gasteiger partial charge in [-0.15, -0.1) is 0 Å².